The molecule has 0 spiro atoms. The molecule has 0 aromatic heterocycles. The average molecular weight is 742 g/mol. The molecule has 1 unspecified atom stereocenters. The standard InChI is InChI=1S/C46H96NO3P/c1-4-7-10-13-16-18-20-22-24-26-28-30-32-34-36-38-41-44-47(51(48,49)50-46-43-40-15-12-9-6-3)45-42-39-37-35-33-31-29-27-25-23-21-19-17-14-11-8-5-2/h4-46H2,1-3H3,(H,48,49). The van der Waals surface area contributed by atoms with Crippen LogP contribution in [-0.2, 0) is 9.09 Å². The van der Waals surface area contributed by atoms with E-state index in [1.807, 2.05) is 4.67 Å². The second kappa shape index (κ2) is 42.8. The van der Waals surface area contributed by atoms with E-state index in [1.165, 1.54) is 218 Å². The summed E-state index contributed by atoms with van der Waals surface area (Å²) >= 11 is 0. The van der Waals surface area contributed by atoms with Crippen molar-refractivity contribution in [1.29, 1.82) is 0 Å². The Bertz CT molecular complexity index is 651. The Balaban J connectivity index is 4.05. The first kappa shape index (κ1) is 51.1. The van der Waals surface area contributed by atoms with E-state index < -0.39 is 7.75 Å². The van der Waals surface area contributed by atoms with E-state index in [-0.39, 0.29) is 0 Å². The van der Waals surface area contributed by atoms with Gasteiger partial charge in [-0.1, -0.05) is 258 Å². The Labute approximate surface area is 322 Å². The molecule has 0 rings (SSSR count). The van der Waals surface area contributed by atoms with Gasteiger partial charge in [0.05, 0.1) is 6.61 Å². The van der Waals surface area contributed by atoms with E-state index >= 15 is 0 Å². The van der Waals surface area contributed by atoms with Crippen molar-refractivity contribution in [1.82, 2.24) is 4.67 Å². The van der Waals surface area contributed by atoms with Crippen molar-refractivity contribution in [3.63, 3.8) is 0 Å². The minimum Gasteiger partial charge on any atom is -0.312 e. The number of unbranched alkanes of at least 4 members (excludes halogenated alkanes) is 37. The molecule has 0 fully saturated rings. The van der Waals surface area contributed by atoms with Crippen LogP contribution < -0.4 is 0 Å². The van der Waals surface area contributed by atoms with Crippen LogP contribution in [0.25, 0.3) is 0 Å². The molecular weight excluding hydrogens is 645 g/mol. The fourth-order valence-corrected chi connectivity index (χ4v) is 8.87. The van der Waals surface area contributed by atoms with E-state index in [2.05, 4.69) is 20.8 Å². The van der Waals surface area contributed by atoms with E-state index in [0.717, 1.165) is 38.5 Å². The number of hydrogen-bond acceptors (Lipinski definition) is 2. The number of hydrogen-bond donors (Lipinski definition) is 1. The van der Waals surface area contributed by atoms with E-state index in [9.17, 15) is 9.46 Å². The van der Waals surface area contributed by atoms with Crippen LogP contribution in [0.3, 0.4) is 0 Å². The van der Waals surface area contributed by atoms with Crippen LogP contribution in [0.2, 0.25) is 0 Å². The van der Waals surface area contributed by atoms with Crippen molar-refractivity contribution in [2.45, 2.75) is 278 Å². The molecule has 0 aliphatic rings. The van der Waals surface area contributed by atoms with Gasteiger partial charge in [-0.25, -0.2) is 9.24 Å². The van der Waals surface area contributed by atoms with Crippen LogP contribution in [0.4, 0.5) is 0 Å². The summed E-state index contributed by atoms with van der Waals surface area (Å²) in [6, 6.07) is 0. The van der Waals surface area contributed by atoms with Gasteiger partial charge in [0.2, 0.25) is 0 Å². The summed E-state index contributed by atoms with van der Waals surface area (Å²) < 4.78 is 20.8. The molecule has 0 aromatic rings. The van der Waals surface area contributed by atoms with Crippen molar-refractivity contribution in [3.05, 3.63) is 0 Å². The van der Waals surface area contributed by atoms with Crippen molar-refractivity contribution in [2.75, 3.05) is 19.7 Å². The van der Waals surface area contributed by atoms with Gasteiger partial charge in [0.15, 0.2) is 0 Å². The lowest BCUT2D eigenvalue weighted by Crippen LogP contribution is -2.24. The Morgan fingerprint density at radius 2 is 0.529 bits per heavy atom. The van der Waals surface area contributed by atoms with E-state index in [0.29, 0.717) is 19.7 Å². The topological polar surface area (TPSA) is 49.8 Å². The predicted molar refractivity (Wildman–Crippen MR) is 229 cm³/mol. The third-order valence-corrected chi connectivity index (χ3v) is 12.8. The van der Waals surface area contributed by atoms with Crippen molar-refractivity contribution < 1.29 is 14.0 Å². The third kappa shape index (κ3) is 39.6. The van der Waals surface area contributed by atoms with Gasteiger partial charge >= 0.3 is 7.75 Å². The van der Waals surface area contributed by atoms with Gasteiger partial charge in [0.25, 0.3) is 0 Å². The van der Waals surface area contributed by atoms with Gasteiger partial charge in [-0.2, -0.15) is 0 Å². The second-order valence-electron chi connectivity index (χ2n) is 16.4. The molecule has 0 aliphatic carbocycles. The lowest BCUT2D eigenvalue weighted by atomic mass is 10.0. The van der Waals surface area contributed by atoms with Crippen LogP contribution in [0.15, 0.2) is 0 Å². The maximum atomic E-state index is 13.3. The molecule has 0 aromatic carbocycles. The largest absolute Gasteiger partial charge is 0.405 e. The zero-order chi connectivity index (χ0) is 37.2. The number of rotatable bonds is 45. The van der Waals surface area contributed by atoms with Crippen LogP contribution in [0, 0.1) is 0 Å². The first-order chi connectivity index (χ1) is 25.1. The number of nitrogens with zero attached hydrogens (tertiary/aromatic N) is 1. The molecule has 0 saturated heterocycles. The molecule has 51 heavy (non-hydrogen) atoms. The summed E-state index contributed by atoms with van der Waals surface area (Å²) in [7, 11) is -3.71. The summed E-state index contributed by atoms with van der Waals surface area (Å²) in [5, 5.41) is 0. The van der Waals surface area contributed by atoms with Crippen LogP contribution in [0.1, 0.15) is 278 Å². The maximum Gasteiger partial charge on any atom is 0.405 e. The van der Waals surface area contributed by atoms with Crippen LogP contribution in [0.5, 0.6) is 0 Å². The smallest absolute Gasteiger partial charge is 0.312 e. The zero-order valence-corrected chi connectivity index (χ0v) is 36.5. The molecule has 0 heterocycles. The van der Waals surface area contributed by atoms with Gasteiger partial charge in [0.1, 0.15) is 0 Å². The third-order valence-electron chi connectivity index (χ3n) is 11.2. The monoisotopic (exact) mass is 742 g/mol. The van der Waals surface area contributed by atoms with Crippen molar-refractivity contribution >= 4 is 7.75 Å². The summed E-state index contributed by atoms with van der Waals surface area (Å²) in [4.78, 5) is 10.9. The molecule has 0 bridgehead atoms. The Morgan fingerprint density at radius 1 is 0.333 bits per heavy atom. The molecule has 0 aliphatic heterocycles. The highest BCUT2D eigenvalue weighted by molar-refractivity contribution is 7.50. The maximum absolute atomic E-state index is 13.3. The van der Waals surface area contributed by atoms with E-state index in [1.54, 1.807) is 0 Å². The Kier molecular flexibility index (Phi) is 42.9. The first-order valence-electron chi connectivity index (χ1n) is 23.8. The van der Waals surface area contributed by atoms with Crippen molar-refractivity contribution in [3.8, 4) is 0 Å². The molecule has 1 N–H and O–H groups in total. The molecule has 0 radical (unpaired) electrons. The summed E-state index contributed by atoms with van der Waals surface area (Å²) in [5.41, 5.74) is 0. The Morgan fingerprint density at radius 3 is 0.765 bits per heavy atom. The molecular formula is C46H96NO3P. The lowest BCUT2D eigenvalue weighted by molar-refractivity contribution is 0.194. The van der Waals surface area contributed by atoms with Gasteiger partial charge in [-0.05, 0) is 19.3 Å². The van der Waals surface area contributed by atoms with Crippen LogP contribution >= 0.6 is 7.75 Å². The molecule has 0 amide bonds. The summed E-state index contributed by atoms with van der Waals surface area (Å²) in [5.74, 6) is 0. The molecule has 308 valence electrons. The molecule has 5 heteroatoms. The van der Waals surface area contributed by atoms with Crippen molar-refractivity contribution in [2.24, 2.45) is 0 Å². The highest BCUT2D eigenvalue weighted by Gasteiger charge is 2.28. The minimum absolute atomic E-state index is 0.411. The van der Waals surface area contributed by atoms with Gasteiger partial charge in [-0.3, -0.25) is 4.52 Å². The summed E-state index contributed by atoms with van der Waals surface area (Å²) in [6.07, 6.45) is 53.1. The average Bonchev–Trinajstić information content (AvgIpc) is 3.12. The molecule has 0 saturated carbocycles. The SMILES string of the molecule is CCCCCCCCCCCCCCCCCCCN(CCCCCCCCCCCCCCCCCCC)P(=O)(O)OCCCCCCCC. The van der Waals surface area contributed by atoms with Gasteiger partial charge in [-0.15, -0.1) is 0 Å². The first-order valence-corrected chi connectivity index (χ1v) is 25.3. The van der Waals surface area contributed by atoms with Crippen LogP contribution in [-0.4, -0.2) is 29.3 Å². The summed E-state index contributed by atoms with van der Waals surface area (Å²) in [6.45, 7) is 8.63. The zero-order valence-electron chi connectivity index (χ0n) is 35.6. The van der Waals surface area contributed by atoms with Gasteiger partial charge < -0.3 is 4.89 Å². The minimum atomic E-state index is -3.71. The highest BCUT2D eigenvalue weighted by Crippen LogP contribution is 2.47. The quantitative estimate of drug-likeness (QED) is 0.0499. The fourth-order valence-electron chi connectivity index (χ4n) is 7.55. The van der Waals surface area contributed by atoms with Gasteiger partial charge in [0, 0.05) is 13.1 Å². The predicted octanol–water partition coefficient (Wildman–Crippen LogP) is 17.1. The fraction of sp³-hybridized carbons (Fsp3) is 1.00. The molecule has 1 atom stereocenters. The molecule has 4 nitrogen and oxygen atoms in total. The second-order valence-corrected chi connectivity index (χ2v) is 18.2. The normalized spacial score (nSPS) is 13.0. The highest BCUT2D eigenvalue weighted by atomic mass is 31.2. The van der Waals surface area contributed by atoms with E-state index in [4.69, 9.17) is 4.52 Å². The lowest BCUT2D eigenvalue weighted by Gasteiger charge is -2.26. The Hall–Kier alpha value is 0.110.